The molecule has 0 aromatic carbocycles. The Kier molecular flexibility index (Phi) is 5.18. The van der Waals surface area contributed by atoms with Crippen molar-refractivity contribution in [3.8, 4) is 11.1 Å². The van der Waals surface area contributed by atoms with Gasteiger partial charge in [0.15, 0.2) is 5.65 Å². The van der Waals surface area contributed by atoms with Crippen LogP contribution in [0.4, 0.5) is 0 Å². The van der Waals surface area contributed by atoms with Crippen LogP contribution in [0.3, 0.4) is 0 Å². The van der Waals surface area contributed by atoms with E-state index in [1.54, 1.807) is 48.9 Å². The third-order valence-electron chi connectivity index (χ3n) is 6.01. The number of likely N-dealkylation sites (tertiary alicyclic amines) is 1. The van der Waals surface area contributed by atoms with Gasteiger partial charge in [0.2, 0.25) is 0 Å². The normalized spacial score (nSPS) is 14.6. The van der Waals surface area contributed by atoms with Crippen molar-refractivity contribution in [2.75, 3.05) is 13.1 Å². The molecular formula is C24H22N6O2. The Hall–Kier alpha value is -3.94. The van der Waals surface area contributed by atoms with Crippen molar-refractivity contribution in [1.29, 1.82) is 0 Å². The van der Waals surface area contributed by atoms with Gasteiger partial charge in [-0.2, -0.15) is 0 Å². The van der Waals surface area contributed by atoms with E-state index in [4.69, 9.17) is 4.98 Å². The Morgan fingerprint density at radius 1 is 1.03 bits per heavy atom. The molecule has 1 aliphatic heterocycles. The third-order valence-corrected chi connectivity index (χ3v) is 6.01. The van der Waals surface area contributed by atoms with Crippen LogP contribution in [0.1, 0.15) is 34.8 Å². The number of rotatable bonds is 3. The van der Waals surface area contributed by atoms with Gasteiger partial charge in [-0.15, -0.1) is 0 Å². The summed E-state index contributed by atoms with van der Waals surface area (Å²) in [4.78, 5) is 44.3. The Morgan fingerprint density at radius 3 is 2.59 bits per heavy atom. The van der Waals surface area contributed by atoms with Crippen molar-refractivity contribution in [3.63, 3.8) is 0 Å². The summed E-state index contributed by atoms with van der Waals surface area (Å²) in [6, 6.07) is 9.46. The van der Waals surface area contributed by atoms with E-state index in [0.717, 1.165) is 35.0 Å². The summed E-state index contributed by atoms with van der Waals surface area (Å²) in [5.41, 5.74) is 3.52. The zero-order valence-corrected chi connectivity index (χ0v) is 17.7. The average molecular weight is 426 g/mol. The summed E-state index contributed by atoms with van der Waals surface area (Å²) in [6.45, 7) is 1.20. The Morgan fingerprint density at radius 2 is 1.81 bits per heavy atom. The van der Waals surface area contributed by atoms with Gasteiger partial charge in [0, 0.05) is 73.0 Å². The Balaban J connectivity index is 1.31. The first kappa shape index (κ1) is 20.0. The second-order valence-corrected chi connectivity index (χ2v) is 8.04. The standard InChI is InChI=1S/C24H22N6O2/c1-29-8-2-3-20(23(29)31)24(32)30-9-6-16(7-10-30)21-5-4-17-11-18(14-27-22(17)28-21)19-12-25-15-26-13-19/h2-5,8,11-16H,6-7,9-10H2,1H3. The quantitative estimate of drug-likeness (QED) is 0.500. The first-order valence-electron chi connectivity index (χ1n) is 10.6. The molecule has 0 spiro atoms. The number of carbonyl (C=O) groups is 1. The molecule has 0 saturated carbocycles. The molecule has 32 heavy (non-hydrogen) atoms. The monoisotopic (exact) mass is 426 g/mol. The predicted molar refractivity (Wildman–Crippen MR) is 120 cm³/mol. The van der Waals surface area contributed by atoms with Gasteiger partial charge in [-0.3, -0.25) is 9.59 Å². The number of hydrogen-bond donors (Lipinski definition) is 0. The molecule has 8 heteroatoms. The Bertz CT molecular complexity index is 1340. The van der Waals surface area contributed by atoms with E-state index >= 15 is 0 Å². The fraction of sp³-hybridized carbons (Fsp3) is 0.250. The highest BCUT2D eigenvalue weighted by Crippen LogP contribution is 2.29. The van der Waals surface area contributed by atoms with Crippen LogP contribution in [0.2, 0.25) is 0 Å². The lowest BCUT2D eigenvalue weighted by Crippen LogP contribution is -2.40. The molecule has 1 aliphatic rings. The van der Waals surface area contributed by atoms with E-state index in [1.165, 1.54) is 10.9 Å². The average Bonchev–Trinajstić information content (AvgIpc) is 2.85. The molecule has 1 saturated heterocycles. The van der Waals surface area contributed by atoms with E-state index < -0.39 is 0 Å². The number of aryl methyl sites for hydroxylation is 1. The zero-order valence-electron chi connectivity index (χ0n) is 17.7. The number of pyridine rings is 3. The minimum Gasteiger partial charge on any atom is -0.338 e. The topological polar surface area (TPSA) is 93.9 Å². The van der Waals surface area contributed by atoms with Crippen molar-refractivity contribution in [2.45, 2.75) is 18.8 Å². The number of nitrogens with zero attached hydrogens (tertiary/aromatic N) is 6. The van der Waals surface area contributed by atoms with Crippen LogP contribution in [0.5, 0.6) is 0 Å². The molecule has 0 unspecified atom stereocenters. The number of piperidine rings is 1. The number of aromatic nitrogens is 5. The van der Waals surface area contributed by atoms with Crippen molar-refractivity contribution < 1.29 is 4.79 Å². The highest BCUT2D eigenvalue weighted by atomic mass is 16.2. The summed E-state index contributed by atoms with van der Waals surface area (Å²) in [5.74, 6) is 0.0567. The summed E-state index contributed by atoms with van der Waals surface area (Å²) in [6.07, 6.45) is 10.1. The molecule has 1 fully saturated rings. The van der Waals surface area contributed by atoms with Crippen LogP contribution >= 0.6 is 0 Å². The maximum atomic E-state index is 12.8. The maximum absolute atomic E-state index is 12.8. The molecule has 0 bridgehead atoms. The van der Waals surface area contributed by atoms with Gasteiger partial charge >= 0.3 is 0 Å². The largest absolute Gasteiger partial charge is 0.338 e. The molecule has 0 radical (unpaired) electrons. The third kappa shape index (κ3) is 3.75. The molecule has 8 nitrogen and oxygen atoms in total. The van der Waals surface area contributed by atoms with E-state index in [1.807, 2.05) is 18.2 Å². The first-order valence-corrected chi connectivity index (χ1v) is 10.6. The minimum absolute atomic E-state index is 0.199. The van der Waals surface area contributed by atoms with Crippen molar-refractivity contribution in [1.82, 2.24) is 29.4 Å². The van der Waals surface area contributed by atoms with Gasteiger partial charge in [0.25, 0.3) is 11.5 Å². The maximum Gasteiger partial charge on any atom is 0.263 e. The Labute approximate surface area is 184 Å². The van der Waals surface area contributed by atoms with E-state index in [-0.39, 0.29) is 22.9 Å². The lowest BCUT2D eigenvalue weighted by atomic mass is 9.92. The molecule has 4 aromatic rings. The summed E-state index contributed by atoms with van der Waals surface area (Å²) < 4.78 is 1.43. The van der Waals surface area contributed by atoms with Crippen molar-refractivity contribution >= 4 is 16.9 Å². The highest BCUT2D eigenvalue weighted by molar-refractivity contribution is 5.93. The van der Waals surface area contributed by atoms with Crippen LogP contribution in [0, 0.1) is 0 Å². The second kappa shape index (κ2) is 8.30. The second-order valence-electron chi connectivity index (χ2n) is 8.04. The van der Waals surface area contributed by atoms with Gasteiger partial charge in [-0.1, -0.05) is 0 Å². The van der Waals surface area contributed by atoms with E-state index in [9.17, 15) is 9.59 Å². The molecule has 0 aliphatic carbocycles. The number of carbonyl (C=O) groups excluding carboxylic acids is 1. The van der Waals surface area contributed by atoms with Crippen LogP contribution < -0.4 is 5.56 Å². The predicted octanol–water partition coefficient (Wildman–Crippen LogP) is 2.81. The van der Waals surface area contributed by atoms with Crippen molar-refractivity contribution in [3.05, 3.63) is 83.1 Å². The molecular weight excluding hydrogens is 404 g/mol. The molecule has 1 amide bonds. The van der Waals surface area contributed by atoms with Crippen LogP contribution in [0.25, 0.3) is 22.2 Å². The molecule has 0 N–H and O–H groups in total. The smallest absolute Gasteiger partial charge is 0.263 e. The number of amides is 1. The molecule has 4 aromatic heterocycles. The lowest BCUT2D eigenvalue weighted by molar-refractivity contribution is 0.0709. The number of fused-ring (bicyclic) bond motifs is 1. The van der Waals surface area contributed by atoms with Crippen molar-refractivity contribution in [2.24, 2.45) is 7.05 Å². The molecule has 0 atom stereocenters. The van der Waals surface area contributed by atoms with Gasteiger partial charge in [-0.05, 0) is 43.2 Å². The van der Waals surface area contributed by atoms with Crippen LogP contribution in [-0.2, 0) is 7.05 Å². The van der Waals surface area contributed by atoms with E-state index in [2.05, 4.69) is 15.0 Å². The SMILES string of the molecule is Cn1cccc(C(=O)N2CCC(c3ccc4cc(-c5cncnc5)cnc4n3)CC2)c1=O. The number of hydrogen-bond acceptors (Lipinski definition) is 6. The summed E-state index contributed by atoms with van der Waals surface area (Å²) in [5, 5.41) is 0.961. The lowest BCUT2D eigenvalue weighted by Gasteiger charge is -2.31. The van der Waals surface area contributed by atoms with Crippen LogP contribution in [0.15, 0.2) is 66.2 Å². The van der Waals surface area contributed by atoms with Gasteiger partial charge in [0.05, 0.1) is 0 Å². The zero-order chi connectivity index (χ0) is 22.1. The summed E-state index contributed by atoms with van der Waals surface area (Å²) >= 11 is 0. The van der Waals surface area contributed by atoms with Gasteiger partial charge in [0.1, 0.15) is 11.9 Å². The summed E-state index contributed by atoms with van der Waals surface area (Å²) in [7, 11) is 1.65. The fourth-order valence-corrected chi connectivity index (χ4v) is 4.17. The first-order chi connectivity index (χ1) is 15.6. The molecule has 5 heterocycles. The fourth-order valence-electron chi connectivity index (χ4n) is 4.17. The van der Waals surface area contributed by atoms with Crippen LogP contribution in [-0.4, -0.2) is 48.4 Å². The molecule has 160 valence electrons. The van der Waals surface area contributed by atoms with Gasteiger partial charge < -0.3 is 9.47 Å². The highest BCUT2D eigenvalue weighted by Gasteiger charge is 2.27. The molecule has 5 rings (SSSR count). The van der Waals surface area contributed by atoms with E-state index in [0.29, 0.717) is 18.7 Å². The van der Waals surface area contributed by atoms with Gasteiger partial charge in [-0.25, -0.2) is 19.9 Å². The minimum atomic E-state index is -0.261.